The molecule has 1 radical (unpaired) electrons. The maximum absolute atomic E-state index is 3.24. The first-order chi connectivity index (χ1) is 6.34. The van der Waals surface area contributed by atoms with Crippen molar-refractivity contribution in [2.24, 2.45) is 7.05 Å². The molecule has 0 aliphatic rings. The predicted molar refractivity (Wildman–Crippen MR) is 53.5 cm³/mol. The minimum absolute atomic E-state index is 0.974. The molecule has 1 heteroatoms. The van der Waals surface area contributed by atoms with E-state index in [9.17, 15) is 0 Å². The summed E-state index contributed by atoms with van der Waals surface area (Å²) in [6, 6.07) is 12.6. The minimum Gasteiger partial charge on any atom is -0.349 e. The van der Waals surface area contributed by atoms with E-state index in [0.717, 1.165) is 6.42 Å². The molecular formula is C12H12N. The first kappa shape index (κ1) is 8.11. The molecule has 0 aliphatic heterocycles. The van der Waals surface area contributed by atoms with Crippen molar-refractivity contribution in [1.29, 1.82) is 0 Å². The summed E-state index contributed by atoms with van der Waals surface area (Å²) in [4.78, 5) is 0. The lowest BCUT2D eigenvalue weighted by Crippen LogP contribution is -1.86. The second kappa shape index (κ2) is 3.48. The van der Waals surface area contributed by atoms with Crippen LogP contribution in [0.2, 0.25) is 0 Å². The predicted octanol–water partition coefficient (Wildman–Crippen LogP) is 2.42. The highest BCUT2D eigenvalue weighted by atomic mass is 14.9. The molecule has 0 aliphatic carbocycles. The van der Waals surface area contributed by atoms with Gasteiger partial charge in [-0.2, -0.15) is 0 Å². The zero-order chi connectivity index (χ0) is 9.10. The fraction of sp³-hybridized carbons (Fsp3) is 0.167. The maximum Gasteiger partial charge on any atom is 0.0684 e. The van der Waals surface area contributed by atoms with Gasteiger partial charge in [0.2, 0.25) is 0 Å². The average molecular weight is 170 g/mol. The lowest BCUT2D eigenvalue weighted by Gasteiger charge is -1.96. The van der Waals surface area contributed by atoms with E-state index in [1.165, 1.54) is 11.1 Å². The SMILES string of the molecule is Cn1[c]c(Cc2ccccc2)cc1. The monoisotopic (exact) mass is 170 g/mol. The van der Waals surface area contributed by atoms with Crippen molar-refractivity contribution in [3.8, 4) is 0 Å². The van der Waals surface area contributed by atoms with E-state index in [0.29, 0.717) is 0 Å². The van der Waals surface area contributed by atoms with Crippen LogP contribution in [0.4, 0.5) is 0 Å². The Bertz CT molecular complexity index is 373. The fourth-order valence-electron chi connectivity index (χ4n) is 1.42. The van der Waals surface area contributed by atoms with Gasteiger partial charge in [0.25, 0.3) is 0 Å². The highest BCUT2D eigenvalue weighted by Crippen LogP contribution is 2.07. The van der Waals surface area contributed by atoms with Gasteiger partial charge < -0.3 is 4.57 Å². The summed E-state index contributed by atoms with van der Waals surface area (Å²) >= 11 is 0. The van der Waals surface area contributed by atoms with Crippen LogP contribution in [0.5, 0.6) is 0 Å². The zero-order valence-electron chi connectivity index (χ0n) is 7.70. The van der Waals surface area contributed by atoms with E-state index < -0.39 is 0 Å². The summed E-state index contributed by atoms with van der Waals surface area (Å²) in [5, 5.41) is 0. The second-order valence-electron chi connectivity index (χ2n) is 3.23. The van der Waals surface area contributed by atoms with Crippen LogP contribution >= 0.6 is 0 Å². The van der Waals surface area contributed by atoms with Crippen molar-refractivity contribution >= 4 is 0 Å². The Hall–Kier alpha value is -1.50. The molecule has 1 aromatic heterocycles. The van der Waals surface area contributed by atoms with Crippen LogP contribution < -0.4 is 0 Å². The Labute approximate surface area is 78.6 Å². The molecule has 0 saturated heterocycles. The largest absolute Gasteiger partial charge is 0.349 e. The quantitative estimate of drug-likeness (QED) is 0.652. The van der Waals surface area contributed by atoms with Crippen LogP contribution in [0.1, 0.15) is 11.1 Å². The van der Waals surface area contributed by atoms with Crippen LogP contribution in [-0.4, -0.2) is 4.57 Å². The lowest BCUT2D eigenvalue weighted by atomic mass is 10.1. The summed E-state index contributed by atoms with van der Waals surface area (Å²) in [7, 11) is 1.99. The molecule has 1 nitrogen and oxygen atoms in total. The fourth-order valence-corrected chi connectivity index (χ4v) is 1.42. The van der Waals surface area contributed by atoms with Gasteiger partial charge in [0.15, 0.2) is 0 Å². The average Bonchev–Trinajstić information content (AvgIpc) is 2.53. The number of hydrogen-bond acceptors (Lipinski definition) is 0. The van der Waals surface area contributed by atoms with E-state index in [4.69, 9.17) is 0 Å². The molecule has 0 fully saturated rings. The first-order valence-corrected chi connectivity index (χ1v) is 4.42. The molecule has 13 heavy (non-hydrogen) atoms. The Morgan fingerprint density at radius 2 is 1.92 bits per heavy atom. The summed E-state index contributed by atoms with van der Waals surface area (Å²) in [5.74, 6) is 0. The van der Waals surface area contributed by atoms with Gasteiger partial charge in [-0.15, -0.1) is 0 Å². The second-order valence-corrected chi connectivity index (χ2v) is 3.23. The molecule has 65 valence electrons. The molecule has 1 heterocycles. The molecular weight excluding hydrogens is 158 g/mol. The van der Waals surface area contributed by atoms with Crippen molar-refractivity contribution in [2.75, 3.05) is 0 Å². The van der Waals surface area contributed by atoms with Gasteiger partial charge in [0.1, 0.15) is 0 Å². The number of rotatable bonds is 2. The summed E-state index contributed by atoms with van der Waals surface area (Å²) in [6.45, 7) is 0. The van der Waals surface area contributed by atoms with Gasteiger partial charge in [-0.25, -0.2) is 0 Å². The van der Waals surface area contributed by atoms with Crippen molar-refractivity contribution in [3.63, 3.8) is 0 Å². The Kier molecular flexibility index (Phi) is 2.17. The lowest BCUT2D eigenvalue weighted by molar-refractivity contribution is 0.912. The first-order valence-electron chi connectivity index (χ1n) is 4.42. The molecule has 2 rings (SSSR count). The van der Waals surface area contributed by atoms with Gasteiger partial charge >= 0.3 is 0 Å². The van der Waals surface area contributed by atoms with E-state index in [1.54, 1.807) is 0 Å². The third-order valence-corrected chi connectivity index (χ3v) is 2.06. The number of nitrogens with zero attached hydrogens (tertiary/aromatic N) is 1. The Morgan fingerprint density at radius 1 is 1.15 bits per heavy atom. The molecule has 0 atom stereocenters. The van der Waals surface area contributed by atoms with Crippen LogP contribution in [0.15, 0.2) is 42.6 Å². The van der Waals surface area contributed by atoms with Crippen molar-refractivity contribution in [1.82, 2.24) is 4.57 Å². The molecule has 0 amide bonds. The third-order valence-electron chi connectivity index (χ3n) is 2.06. The van der Waals surface area contributed by atoms with Gasteiger partial charge in [-0.3, -0.25) is 0 Å². The highest BCUT2D eigenvalue weighted by molar-refractivity contribution is 5.23. The molecule has 0 N–H and O–H groups in total. The summed E-state index contributed by atoms with van der Waals surface area (Å²) in [5.41, 5.74) is 2.58. The van der Waals surface area contributed by atoms with Crippen LogP contribution in [0.3, 0.4) is 0 Å². The Balaban J connectivity index is 2.15. The van der Waals surface area contributed by atoms with Crippen LogP contribution in [0, 0.1) is 6.20 Å². The Morgan fingerprint density at radius 3 is 2.54 bits per heavy atom. The molecule has 0 bridgehead atoms. The molecule has 2 aromatic rings. The van der Waals surface area contributed by atoms with Gasteiger partial charge in [-0.1, -0.05) is 30.3 Å². The van der Waals surface area contributed by atoms with Gasteiger partial charge in [-0.05, 0) is 23.6 Å². The summed E-state index contributed by atoms with van der Waals surface area (Å²) in [6.07, 6.45) is 6.24. The highest BCUT2D eigenvalue weighted by Gasteiger charge is 1.96. The maximum atomic E-state index is 3.24. The molecule has 0 spiro atoms. The van der Waals surface area contributed by atoms with Gasteiger partial charge in [0, 0.05) is 13.2 Å². The number of aryl methyl sites for hydroxylation is 1. The minimum atomic E-state index is 0.974. The van der Waals surface area contributed by atoms with Crippen molar-refractivity contribution < 1.29 is 0 Å². The number of hydrogen-bond donors (Lipinski definition) is 0. The van der Waals surface area contributed by atoms with E-state index in [-0.39, 0.29) is 0 Å². The number of benzene rings is 1. The van der Waals surface area contributed by atoms with E-state index in [2.05, 4.69) is 36.5 Å². The normalized spacial score (nSPS) is 10.2. The topological polar surface area (TPSA) is 4.93 Å². The molecule has 0 unspecified atom stereocenters. The van der Waals surface area contributed by atoms with E-state index in [1.807, 2.05) is 23.9 Å². The molecule has 0 saturated carbocycles. The van der Waals surface area contributed by atoms with E-state index >= 15 is 0 Å². The van der Waals surface area contributed by atoms with Crippen molar-refractivity contribution in [3.05, 3.63) is 59.9 Å². The number of aromatic nitrogens is 1. The van der Waals surface area contributed by atoms with Crippen LogP contribution in [0.25, 0.3) is 0 Å². The van der Waals surface area contributed by atoms with Crippen LogP contribution in [-0.2, 0) is 13.5 Å². The standard InChI is InChI=1S/C12H12N/c1-13-8-7-12(10-13)9-11-5-3-2-4-6-11/h2-8H,9H2,1H3. The third kappa shape index (κ3) is 2.00. The summed E-state index contributed by atoms with van der Waals surface area (Å²) < 4.78 is 1.96. The smallest absolute Gasteiger partial charge is 0.0684 e. The van der Waals surface area contributed by atoms with Gasteiger partial charge in [0.05, 0.1) is 6.20 Å². The van der Waals surface area contributed by atoms with Crippen molar-refractivity contribution in [2.45, 2.75) is 6.42 Å². The zero-order valence-corrected chi connectivity index (χ0v) is 7.70. The molecule has 1 aromatic carbocycles.